The summed E-state index contributed by atoms with van der Waals surface area (Å²) in [5.74, 6) is 2.02. The predicted octanol–water partition coefficient (Wildman–Crippen LogP) is 11.6. The molecule has 48 heavy (non-hydrogen) atoms. The quantitative estimate of drug-likeness (QED) is 0.185. The molecule has 1 aromatic heterocycles. The van der Waals surface area contributed by atoms with E-state index in [0.29, 0.717) is 17.5 Å². The molecule has 3 nitrogen and oxygen atoms in total. The number of rotatable bonds is 3. The average Bonchev–Trinajstić information content (AvgIpc) is 3.13. The van der Waals surface area contributed by atoms with Crippen LogP contribution in [0.4, 0.5) is 0 Å². The summed E-state index contributed by atoms with van der Waals surface area (Å²) in [6.45, 7) is 9.46. The summed E-state index contributed by atoms with van der Waals surface area (Å²) in [6.07, 6.45) is 0. The van der Waals surface area contributed by atoms with E-state index in [4.69, 9.17) is 15.0 Å². The van der Waals surface area contributed by atoms with Gasteiger partial charge in [0.25, 0.3) is 0 Å². The first kappa shape index (κ1) is 28.5. The average molecular weight is 618 g/mol. The van der Waals surface area contributed by atoms with E-state index in [-0.39, 0.29) is 10.8 Å². The number of hydrogen-bond donors (Lipinski definition) is 0. The Bertz CT molecular complexity index is 2560. The fourth-order valence-corrected chi connectivity index (χ4v) is 7.76. The van der Waals surface area contributed by atoms with Gasteiger partial charge in [-0.25, -0.2) is 15.0 Å². The maximum atomic E-state index is 5.23. The predicted molar refractivity (Wildman–Crippen MR) is 200 cm³/mol. The van der Waals surface area contributed by atoms with Crippen LogP contribution >= 0.6 is 0 Å². The van der Waals surface area contributed by atoms with E-state index < -0.39 is 0 Å². The van der Waals surface area contributed by atoms with E-state index >= 15 is 0 Å². The summed E-state index contributed by atoms with van der Waals surface area (Å²) >= 11 is 0. The molecule has 7 aromatic carbocycles. The van der Waals surface area contributed by atoms with Crippen molar-refractivity contribution in [3.63, 3.8) is 0 Å². The van der Waals surface area contributed by atoms with Crippen LogP contribution in [0.3, 0.4) is 0 Å². The lowest BCUT2D eigenvalue weighted by Crippen LogP contribution is -2.43. The first-order chi connectivity index (χ1) is 23.3. The zero-order valence-corrected chi connectivity index (χ0v) is 27.6. The van der Waals surface area contributed by atoms with Crippen LogP contribution in [0.5, 0.6) is 0 Å². The molecule has 230 valence electrons. The van der Waals surface area contributed by atoms with Gasteiger partial charge in [0.15, 0.2) is 17.5 Å². The summed E-state index contributed by atoms with van der Waals surface area (Å²) in [4.78, 5) is 15.5. The van der Waals surface area contributed by atoms with Crippen LogP contribution in [0.2, 0.25) is 0 Å². The third-order valence-corrected chi connectivity index (χ3v) is 11.1. The van der Waals surface area contributed by atoms with Crippen LogP contribution in [0.25, 0.3) is 77.6 Å². The van der Waals surface area contributed by atoms with Gasteiger partial charge in [-0.1, -0.05) is 161 Å². The Morgan fingerprint density at radius 1 is 0.354 bits per heavy atom. The monoisotopic (exact) mass is 617 g/mol. The molecule has 3 heteroatoms. The van der Waals surface area contributed by atoms with Crippen molar-refractivity contribution in [1.82, 2.24) is 15.0 Å². The van der Waals surface area contributed by atoms with Crippen molar-refractivity contribution in [1.29, 1.82) is 0 Å². The van der Waals surface area contributed by atoms with Gasteiger partial charge >= 0.3 is 0 Å². The molecule has 0 aliphatic heterocycles. The normalized spacial score (nSPS) is 14.6. The molecule has 0 saturated heterocycles. The van der Waals surface area contributed by atoms with E-state index in [9.17, 15) is 0 Å². The maximum Gasteiger partial charge on any atom is 0.164 e. The van der Waals surface area contributed by atoms with Crippen LogP contribution in [0.15, 0.2) is 140 Å². The van der Waals surface area contributed by atoms with Crippen molar-refractivity contribution in [2.75, 3.05) is 0 Å². The number of aromatic nitrogens is 3. The largest absolute Gasteiger partial charge is 0.208 e. The highest BCUT2D eigenvalue weighted by Crippen LogP contribution is 2.54. The van der Waals surface area contributed by atoms with Crippen LogP contribution in [0, 0.1) is 0 Å². The molecule has 0 amide bonds. The molecule has 0 bridgehead atoms. The second kappa shape index (κ2) is 10.4. The Morgan fingerprint density at radius 3 is 1.77 bits per heavy atom. The first-order valence-electron chi connectivity index (χ1n) is 16.7. The molecule has 1 aliphatic rings. The zero-order chi connectivity index (χ0) is 32.6. The lowest BCUT2D eigenvalue weighted by molar-refractivity contribution is 0.299. The molecule has 1 heterocycles. The molecular weight excluding hydrogens is 583 g/mol. The van der Waals surface area contributed by atoms with Crippen LogP contribution in [-0.2, 0) is 10.8 Å². The number of benzene rings is 7. The highest BCUT2D eigenvalue weighted by molar-refractivity contribution is 6.19. The zero-order valence-electron chi connectivity index (χ0n) is 27.6. The third-order valence-electron chi connectivity index (χ3n) is 11.1. The van der Waals surface area contributed by atoms with Crippen molar-refractivity contribution in [3.8, 4) is 45.3 Å². The molecule has 0 unspecified atom stereocenters. The summed E-state index contributed by atoms with van der Waals surface area (Å²) in [5.41, 5.74) is 8.07. The topological polar surface area (TPSA) is 38.7 Å². The molecule has 9 rings (SSSR count). The molecule has 1 aliphatic carbocycles. The highest BCUT2D eigenvalue weighted by atomic mass is 15.0. The lowest BCUT2D eigenvalue weighted by atomic mass is 9.55. The van der Waals surface area contributed by atoms with E-state index in [0.717, 1.165) is 22.1 Å². The van der Waals surface area contributed by atoms with Crippen molar-refractivity contribution >= 4 is 32.3 Å². The van der Waals surface area contributed by atoms with Gasteiger partial charge in [0.1, 0.15) is 0 Å². The van der Waals surface area contributed by atoms with Gasteiger partial charge in [-0.3, -0.25) is 0 Å². The smallest absolute Gasteiger partial charge is 0.164 e. The van der Waals surface area contributed by atoms with Crippen LogP contribution in [0.1, 0.15) is 38.8 Å². The summed E-state index contributed by atoms with van der Waals surface area (Å²) in [6, 6.07) is 49.8. The van der Waals surface area contributed by atoms with Gasteiger partial charge in [-0.15, -0.1) is 0 Å². The minimum atomic E-state index is -0.119. The van der Waals surface area contributed by atoms with Crippen molar-refractivity contribution in [2.45, 2.75) is 38.5 Å². The fraction of sp³-hybridized carbons (Fsp3) is 0.133. The minimum absolute atomic E-state index is 0.0638. The molecule has 8 aromatic rings. The van der Waals surface area contributed by atoms with Crippen LogP contribution < -0.4 is 0 Å². The minimum Gasteiger partial charge on any atom is -0.208 e. The Labute approximate surface area is 281 Å². The second-order valence-corrected chi connectivity index (χ2v) is 14.1. The number of hydrogen-bond acceptors (Lipinski definition) is 3. The van der Waals surface area contributed by atoms with Gasteiger partial charge in [0.05, 0.1) is 0 Å². The highest BCUT2D eigenvalue weighted by Gasteiger charge is 2.45. The fourth-order valence-electron chi connectivity index (χ4n) is 7.76. The van der Waals surface area contributed by atoms with Crippen molar-refractivity contribution < 1.29 is 0 Å². The van der Waals surface area contributed by atoms with Gasteiger partial charge in [-0.2, -0.15) is 0 Å². The van der Waals surface area contributed by atoms with Gasteiger partial charge in [0, 0.05) is 16.7 Å². The number of fused-ring (bicyclic) bond motifs is 8. The molecule has 0 N–H and O–H groups in total. The third kappa shape index (κ3) is 4.17. The van der Waals surface area contributed by atoms with Gasteiger partial charge < -0.3 is 0 Å². The molecule has 0 fully saturated rings. The molecule has 0 saturated carbocycles. The summed E-state index contributed by atoms with van der Waals surface area (Å²) in [5, 5.41) is 7.30. The SMILES string of the molecule is CC1(C)c2ccccc2-c2ccc(-c3nc(-c4ccccc4)nc(-c4cccc5c4ccc4c6ccccc6ccc54)n3)cc2C1(C)C. The van der Waals surface area contributed by atoms with Crippen LogP contribution in [-0.4, -0.2) is 15.0 Å². The van der Waals surface area contributed by atoms with E-state index in [2.05, 4.69) is 149 Å². The first-order valence-corrected chi connectivity index (χ1v) is 16.7. The maximum absolute atomic E-state index is 5.23. The second-order valence-electron chi connectivity index (χ2n) is 14.1. The Kier molecular flexibility index (Phi) is 6.20. The van der Waals surface area contributed by atoms with E-state index in [1.807, 2.05) is 18.2 Å². The van der Waals surface area contributed by atoms with Gasteiger partial charge in [0.2, 0.25) is 0 Å². The molecular formula is C45H35N3. The number of nitrogens with zero attached hydrogens (tertiary/aromatic N) is 3. The standard InChI is InChI=1S/C45H35N3/c1-44(2)39-20-11-10-17-36(39)37-24-22-30(27-40(37)45(44,3)4)42-46-41(29-14-6-5-7-15-29)47-43(48-42)38-19-12-18-32-34-23-21-28-13-8-9-16-31(28)33(34)25-26-35(32)38/h5-27H,1-4H3. The Hall–Kier alpha value is -5.67. The molecule has 0 spiro atoms. The summed E-state index contributed by atoms with van der Waals surface area (Å²) in [7, 11) is 0. The molecule has 0 radical (unpaired) electrons. The lowest BCUT2D eigenvalue weighted by Gasteiger charge is -2.48. The molecule has 0 atom stereocenters. The summed E-state index contributed by atoms with van der Waals surface area (Å²) < 4.78 is 0. The van der Waals surface area contributed by atoms with Crippen molar-refractivity contribution in [2.24, 2.45) is 0 Å². The van der Waals surface area contributed by atoms with E-state index in [1.165, 1.54) is 49.2 Å². The Balaban J connectivity index is 1.27. The Morgan fingerprint density at radius 2 is 0.917 bits per heavy atom. The van der Waals surface area contributed by atoms with Gasteiger partial charge in [-0.05, 0) is 71.5 Å². The van der Waals surface area contributed by atoms with E-state index in [1.54, 1.807) is 0 Å². The van der Waals surface area contributed by atoms with Crippen molar-refractivity contribution in [3.05, 3.63) is 151 Å².